The van der Waals surface area contributed by atoms with E-state index >= 15 is 0 Å². The first kappa shape index (κ1) is 11.5. The number of H-pyrrole nitrogens is 1. The number of aromatic amines is 1. The first-order valence-electron chi connectivity index (χ1n) is 4.70. The van der Waals surface area contributed by atoms with Crippen molar-refractivity contribution in [3.05, 3.63) is 40.2 Å². The molecule has 0 radical (unpaired) electrons. The molecule has 0 aliphatic carbocycles. The van der Waals surface area contributed by atoms with E-state index in [1.807, 2.05) is 0 Å². The molecular weight excluding hydrogens is 235 g/mol. The number of aromatic nitrogens is 1. The molecule has 0 spiro atoms. The van der Waals surface area contributed by atoms with Gasteiger partial charge in [0.05, 0.1) is 18.2 Å². The van der Waals surface area contributed by atoms with Crippen molar-refractivity contribution in [3.8, 4) is 5.75 Å². The molecule has 1 aromatic heterocycles. The number of hydrogen-bond acceptors (Lipinski definition) is 2. The summed E-state index contributed by atoms with van der Waals surface area (Å²) in [7, 11) is 1.35. The van der Waals surface area contributed by atoms with Gasteiger partial charge in [0, 0.05) is 11.5 Å². The van der Waals surface area contributed by atoms with Crippen molar-refractivity contribution in [2.45, 2.75) is 6.18 Å². The molecule has 2 rings (SSSR count). The molecular formula is C11H8F3NO2. The lowest BCUT2D eigenvalue weighted by molar-refractivity contribution is -0.137. The van der Waals surface area contributed by atoms with Gasteiger partial charge in [0.15, 0.2) is 0 Å². The normalized spacial score (nSPS) is 11.8. The third-order valence-electron chi connectivity index (χ3n) is 2.35. The largest absolute Gasteiger partial charge is 0.496 e. The van der Waals surface area contributed by atoms with E-state index in [1.54, 1.807) is 0 Å². The minimum absolute atomic E-state index is 0.101. The fourth-order valence-electron chi connectivity index (χ4n) is 1.57. The maximum atomic E-state index is 12.5. The predicted octanol–water partition coefficient (Wildman–Crippen LogP) is 2.56. The van der Waals surface area contributed by atoms with Crippen LogP contribution in [0.15, 0.2) is 29.1 Å². The number of hydrogen-bond donors (Lipinski definition) is 1. The number of ether oxygens (including phenoxy) is 1. The molecule has 0 aliphatic rings. The van der Waals surface area contributed by atoms with E-state index in [1.165, 1.54) is 19.2 Å². The monoisotopic (exact) mass is 243 g/mol. The number of rotatable bonds is 1. The summed E-state index contributed by atoms with van der Waals surface area (Å²) in [5.74, 6) is 0.248. The zero-order valence-electron chi connectivity index (χ0n) is 8.76. The lowest BCUT2D eigenvalue weighted by Gasteiger charge is -2.09. The van der Waals surface area contributed by atoms with Crippen molar-refractivity contribution in [1.82, 2.24) is 4.98 Å². The lowest BCUT2D eigenvalue weighted by atomic mass is 10.1. The summed E-state index contributed by atoms with van der Waals surface area (Å²) in [5, 5.41) is 0.431. The third kappa shape index (κ3) is 2.11. The molecule has 2 aromatic rings. The molecule has 6 heteroatoms. The Morgan fingerprint density at radius 2 is 1.94 bits per heavy atom. The highest BCUT2D eigenvalue weighted by molar-refractivity contribution is 5.85. The van der Waals surface area contributed by atoms with Gasteiger partial charge in [-0.1, -0.05) is 0 Å². The van der Waals surface area contributed by atoms with E-state index in [-0.39, 0.29) is 11.3 Å². The van der Waals surface area contributed by atoms with E-state index in [4.69, 9.17) is 4.74 Å². The molecule has 0 saturated heterocycles. The maximum absolute atomic E-state index is 12.5. The molecule has 1 heterocycles. The van der Waals surface area contributed by atoms with Crippen molar-refractivity contribution in [2.24, 2.45) is 0 Å². The number of methoxy groups -OCH3 is 1. The Morgan fingerprint density at radius 1 is 1.24 bits per heavy atom. The Kier molecular flexibility index (Phi) is 2.57. The summed E-state index contributed by atoms with van der Waals surface area (Å²) in [5.41, 5.74) is -1.22. The summed E-state index contributed by atoms with van der Waals surface area (Å²) in [6, 6.07) is 4.30. The molecule has 0 aliphatic heterocycles. The van der Waals surface area contributed by atoms with Crippen LogP contribution in [-0.2, 0) is 6.18 Å². The lowest BCUT2D eigenvalue weighted by Crippen LogP contribution is -2.08. The van der Waals surface area contributed by atoms with E-state index < -0.39 is 17.3 Å². The minimum atomic E-state index is -4.44. The standard InChI is InChI=1S/C11H8F3NO2/c1-17-9-5-10(16)15-8-4-6(11(12,13)14)2-3-7(8)9/h2-5H,1H3,(H,15,16). The average Bonchev–Trinajstić information content (AvgIpc) is 2.25. The Balaban J connectivity index is 2.74. The van der Waals surface area contributed by atoms with Crippen molar-refractivity contribution < 1.29 is 17.9 Å². The first-order chi connectivity index (χ1) is 7.91. The van der Waals surface area contributed by atoms with Crippen LogP contribution in [0.3, 0.4) is 0 Å². The van der Waals surface area contributed by atoms with Crippen molar-refractivity contribution in [2.75, 3.05) is 7.11 Å². The summed E-state index contributed by atoms with van der Waals surface area (Å²) in [6.07, 6.45) is -4.44. The number of fused-ring (bicyclic) bond motifs is 1. The van der Waals surface area contributed by atoms with Crippen LogP contribution < -0.4 is 10.3 Å². The second kappa shape index (κ2) is 3.80. The first-order valence-corrected chi connectivity index (χ1v) is 4.70. The molecule has 17 heavy (non-hydrogen) atoms. The Labute approximate surface area is 93.8 Å². The fourth-order valence-corrected chi connectivity index (χ4v) is 1.57. The van der Waals surface area contributed by atoms with E-state index in [9.17, 15) is 18.0 Å². The van der Waals surface area contributed by atoms with Gasteiger partial charge >= 0.3 is 6.18 Å². The van der Waals surface area contributed by atoms with Gasteiger partial charge in [-0.05, 0) is 18.2 Å². The minimum Gasteiger partial charge on any atom is -0.496 e. The maximum Gasteiger partial charge on any atom is 0.416 e. The van der Waals surface area contributed by atoms with Crippen LogP contribution in [0.25, 0.3) is 10.9 Å². The van der Waals surface area contributed by atoms with Gasteiger partial charge in [-0.25, -0.2) is 0 Å². The van der Waals surface area contributed by atoms with Crippen LogP contribution in [0.5, 0.6) is 5.75 Å². The van der Waals surface area contributed by atoms with Crippen molar-refractivity contribution in [1.29, 1.82) is 0 Å². The van der Waals surface area contributed by atoms with Crippen molar-refractivity contribution >= 4 is 10.9 Å². The van der Waals surface area contributed by atoms with Crippen LogP contribution in [-0.4, -0.2) is 12.1 Å². The Morgan fingerprint density at radius 3 is 2.53 bits per heavy atom. The number of nitrogens with one attached hydrogen (secondary N) is 1. The smallest absolute Gasteiger partial charge is 0.416 e. The Hall–Kier alpha value is -1.98. The van der Waals surface area contributed by atoms with Crippen LogP contribution in [0.2, 0.25) is 0 Å². The molecule has 0 saturated carbocycles. The predicted molar refractivity (Wildman–Crippen MR) is 56.1 cm³/mol. The van der Waals surface area contributed by atoms with Gasteiger partial charge in [-0.3, -0.25) is 4.79 Å². The van der Waals surface area contributed by atoms with Crippen LogP contribution in [0.1, 0.15) is 5.56 Å². The Bertz CT molecular complexity index is 616. The highest BCUT2D eigenvalue weighted by atomic mass is 19.4. The molecule has 0 atom stereocenters. The summed E-state index contributed by atoms with van der Waals surface area (Å²) in [6.45, 7) is 0. The highest BCUT2D eigenvalue weighted by Crippen LogP contribution is 2.32. The van der Waals surface area contributed by atoms with Gasteiger partial charge in [0.1, 0.15) is 5.75 Å². The van der Waals surface area contributed by atoms with E-state index in [0.717, 1.165) is 12.1 Å². The molecule has 1 aromatic carbocycles. The average molecular weight is 243 g/mol. The van der Waals surface area contributed by atoms with E-state index in [2.05, 4.69) is 4.98 Å². The second-order valence-corrected chi connectivity index (χ2v) is 3.46. The number of pyridine rings is 1. The number of benzene rings is 1. The molecule has 0 fully saturated rings. The van der Waals surface area contributed by atoms with Gasteiger partial charge in [-0.15, -0.1) is 0 Å². The quantitative estimate of drug-likeness (QED) is 0.836. The summed E-state index contributed by atoms with van der Waals surface area (Å²) >= 11 is 0. The van der Waals surface area contributed by atoms with Crippen LogP contribution in [0.4, 0.5) is 13.2 Å². The van der Waals surface area contributed by atoms with Crippen LogP contribution in [0, 0.1) is 0 Å². The molecule has 0 bridgehead atoms. The highest BCUT2D eigenvalue weighted by Gasteiger charge is 2.30. The molecule has 3 nitrogen and oxygen atoms in total. The molecule has 1 N–H and O–H groups in total. The van der Waals surface area contributed by atoms with E-state index in [0.29, 0.717) is 5.39 Å². The van der Waals surface area contributed by atoms with Gasteiger partial charge in [-0.2, -0.15) is 13.2 Å². The SMILES string of the molecule is COc1cc(=O)[nH]c2cc(C(F)(F)F)ccc12. The summed E-state index contributed by atoms with van der Waals surface area (Å²) < 4.78 is 42.4. The topological polar surface area (TPSA) is 42.1 Å². The molecule has 90 valence electrons. The van der Waals surface area contributed by atoms with Crippen molar-refractivity contribution in [3.63, 3.8) is 0 Å². The fraction of sp³-hybridized carbons (Fsp3) is 0.182. The summed E-state index contributed by atoms with van der Waals surface area (Å²) in [4.78, 5) is 13.5. The molecule has 0 amide bonds. The number of alkyl halides is 3. The number of halogens is 3. The second-order valence-electron chi connectivity index (χ2n) is 3.46. The third-order valence-corrected chi connectivity index (χ3v) is 2.35. The van der Waals surface area contributed by atoms with Gasteiger partial charge in [0.25, 0.3) is 5.56 Å². The zero-order valence-corrected chi connectivity index (χ0v) is 8.76. The van der Waals surface area contributed by atoms with Gasteiger partial charge < -0.3 is 9.72 Å². The van der Waals surface area contributed by atoms with Crippen LogP contribution >= 0.6 is 0 Å². The van der Waals surface area contributed by atoms with Gasteiger partial charge in [0.2, 0.25) is 0 Å². The molecule has 0 unspecified atom stereocenters. The zero-order chi connectivity index (χ0) is 12.6.